The first-order valence-electron chi connectivity index (χ1n) is 5.73. The lowest BCUT2D eigenvalue weighted by molar-refractivity contribution is 0.242. The van der Waals surface area contributed by atoms with Crippen LogP contribution in [0.5, 0.6) is 0 Å². The number of pyridine rings is 1. The zero-order valence-electron chi connectivity index (χ0n) is 10.6. The van der Waals surface area contributed by atoms with Gasteiger partial charge in [0.2, 0.25) is 10.0 Å². The highest BCUT2D eigenvalue weighted by Gasteiger charge is 2.23. The molecule has 2 aromatic heterocycles. The van der Waals surface area contributed by atoms with Gasteiger partial charge in [-0.3, -0.25) is 0 Å². The van der Waals surface area contributed by atoms with Crippen molar-refractivity contribution in [2.75, 3.05) is 6.61 Å². The van der Waals surface area contributed by atoms with Gasteiger partial charge < -0.3 is 9.52 Å². The fourth-order valence-corrected chi connectivity index (χ4v) is 2.94. The van der Waals surface area contributed by atoms with Crippen molar-refractivity contribution in [1.82, 2.24) is 9.71 Å². The van der Waals surface area contributed by atoms with Crippen molar-refractivity contribution in [2.45, 2.75) is 17.9 Å². The van der Waals surface area contributed by atoms with Gasteiger partial charge in [-0.25, -0.2) is 13.4 Å². The van der Waals surface area contributed by atoms with Gasteiger partial charge in [-0.2, -0.15) is 4.72 Å². The fourth-order valence-electron chi connectivity index (χ4n) is 1.61. The second-order valence-corrected chi connectivity index (χ2v) is 6.22. The number of nitrogens with one attached hydrogen (secondary N) is 1. The van der Waals surface area contributed by atoms with Crippen LogP contribution >= 0.6 is 11.6 Å². The lowest BCUT2D eigenvalue weighted by Crippen LogP contribution is -2.30. The molecule has 0 radical (unpaired) electrons. The summed E-state index contributed by atoms with van der Waals surface area (Å²) in [6.07, 6.45) is 2.56. The van der Waals surface area contributed by atoms with Crippen LogP contribution in [0.2, 0.25) is 5.15 Å². The van der Waals surface area contributed by atoms with Crippen LogP contribution in [-0.2, 0) is 10.0 Å². The summed E-state index contributed by atoms with van der Waals surface area (Å²) in [5.41, 5.74) is 0.549. The maximum Gasteiger partial charge on any atom is 0.242 e. The number of sulfonamides is 1. The van der Waals surface area contributed by atoms with Crippen LogP contribution < -0.4 is 4.72 Å². The van der Waals surface area contributed by atoms with Crippen LogP contribution in [0.3, 0.4) is 0 Å². The normalized spacial score (nSPS) is 13.3. The van der Waals surface area contributed by atoms with Gasteiger partial charge in [-0.15, -0.1) is 0 Å². The number of rotatable bonds is 5. The van der Waals surface area contributed by atoms with E-state index < -0.39 is 22.7 Å². The highest BCUT2D eigenvalue weighted by atomic mass is 35.5. The molecule has 8 heteroatoms. The van der Waals surface area contributed by atoms with Crippen molar-refractivity contribution in [1.29, 1.82) is 0 Å². The topological polar surface area (TPSA) is 92.4 Å². The van der Waals surface area contributed by atoms with Crippen molar-refractivity contribution < 1.29 is 17.9 Å². The van der Waals surface area contributed by atoms with Gasteiger partial charge >= 0.3 is 0 Å². The lowest BCUT2D eigenvalue weighted by Gasteiger charge is -2.14. The molecule has 2 aromatic rings. The van der Waals surface area contributed by atoms with Crippen LogP contribution in [0.4, 0.5) is 0 Å². The van der Waals surface area contributed by atoms with E-state index in [4.69, 9.17) is 16.0 Å². The van der Waals surface area contributed by atoms with E-state index in [2.05, 4.69) is 9.71 Å². The molecule has 0 aliphatic heterocycles. The lowest BCUT2D eigenvalue weighted by atomic mass is 10.2. The number of aromatic nitrogens is 1. The highest BCUT2D eigenvalue weighted by molar-refractivity contribution is 7.89. The fraction of sp³-hybridized carbons (Fsp3) is 0.250. The van der Waals surface area contributed by atoms with E-state index in [1.165, 1.54) is 12.3 Å². The van der Waals surface area contributed by atoms with E-state index in [0.717, 1.165) is 6.20 Å². The van der Waals surface area contributed by atoms with Gasteiger partial charge in [0, 0.05) is 6.20 Å². The summed E-state index contributed by atoms with van der Waals surface area (Å²) >= 11 is 5.76. The van der Waals surface area contributed by atoms with E-state index in [1.54, 1.807) is 19.1 Å². The predicted octanol–water partition coefficient (Wildman–Crippen LogP) is 1.65. The van der Waals surface area contributed by atoms with Gasteiger partial charge in [-0.1, -0.05) is 11.6 Å². The molecule has 2 rings (SSSR count). The van der Waals surface area contributed by atoms with Crippen LogP contribution in [0.15, 0.2) is 40.0 Å². The van der Waals surface area contributed by atoms with E-state index in [0.29, 0.717) is 11.3 Å². The summed E-state index contributed by atoms with van der Waals surface area (Å²) in [5.74, 6) is 0.328. The van der Waals surface area contributed by atoms with Crippen LogP contribution in [0.25, 0.3) is 0 Å². The summed E-state index contributed by atoms with van der Waals surface area (Å²) in [6, 6.07) is 3.74. The Morgan fingerprint density at radius 1 is 1.55 bits per heavy atom. The Labute approximate surface area is 121 Å². The Morgan fingerprint density at radius 2 is 2.30 bits per heavy atom. The monoisotopic (exact) mass is 316 g/mol. The molecule has 1 unspecified atom stereocenters. The molecule has 0 aromatic carbocycles. The van der Waals surface area contributed by atoms with Crippen molar-refractivity contribution in [3.63, 3.8) is 0 Å². The molecular formula is C12H13ClN2O4S. The van der Waals surface area contributed by atoms with Crippen molar-refractivity contribution >= 4 is 21.6 Å². The predicted molar refractivity (Wildman–Crippen MR) is 72.8 cm³/mol. The van der Waals surface area contributed by atoms with Crippen molar-refractivity contribution in [3.05, 3.63) is 47.1 Å². The van der Waals surface area contributed by atoms with Gasteiger partial charge in [-0.05, 0) is 30.7 Å². The minimum absolute atomic E-state index is 0.0237. The smallest absolute Gasteiger partial charge is 0.242 e. The molecule has 2 N–H and O–H groups in total. The van der Waals surface area contributed by atoms with Gasteiger partial charge in [0.05, 0.1) is 12.9 Å². The zero-order valence-corrected chi connectivity index (χ0v) is 12.1. The minimum Gasteiger partial charge on any atom is -0.468 e. The second kappa shape index (κ2) is 5.92. The van der Waals surface area contributed by atoms with Gasteiger partial charge in [0.25, 0.3) is 0 Å². The third kappa shape index (κ3) is 3.18. The average Bonchev–Trinajstić information content (AvgIpc) is 2.93. The molecule has 0 saturated carbocycles. The minimum atomic E-state index is -3.83. The maximum atomic E-state index is 12.2. The summed E-state index contributed by atoms with van der Waals surface area (Å²) in [7, 11) is -3.83. The highest BCUT2D eigenvalue weighted by Crippen LogP contribution is 2.20. The number of nitrogens with zero attached hydrogens (tertiary/aromatic N) is 1. The van der Waals surface area contributed by atoms with Crippen molar-refractivity contribution in [3.8, 4) is 0 Å². The quantitative estimate of drug-likeness (QED) is 0.818. The first kappa shape index (κ1) is 15.0. The molecule has 0 aliphatic rings. The first-order valence-corrected chi connectivity index (χ1v) is 7.59. The Balaban J connectivity index is 2.28. The Bertz CT molecular complexity index is 685. The first-order chi connectivity index (χ1) is 9.44. The number of aliphatic hydroxyl groups is 1. The molecule has 1 atom stereocenters. The molecular weight excluding hydrogens is 304 g/mol. The molecule has 0 amide bonds. The molecule has 108 valence electrons. The molecule has 0 saturated heterocycles. The van der Waals surface area contributed by atoms with Gasteiger partial charge in [0.15, 0.2) is 0 Å². The number of aryl methyl sites for hydroxylation is 1. The standard InChI is InChI=1S/C12H13ClN2O4S/c1-8-5-9(6-14-12(8)13)20(17,18)15-10(7-16)11-3-2-4-19-11/h2-6,10,15-16H,7H2,1H3. The van der Waals surface area contributed by atoms with Crippen LogP contribution in [-0.4, -0.2) is 25.1 Å². The van der Waals surface area contributed by atoms with E-state index in [9.17, 15) is 13.5 Å². The zero-order chi connectivity index (χ0) is 14.8. The van der Waals surface area contributed by atoms with Gasteiger partial charge in [0.1, 0.15) is 21.9 Å². The SMILES string of the molecule is Cc1cc(S(=O)(=O)NC(CO)c2ccco2)cnc1Cl. The number of hydrogen-bond donors (Lipinski definition) is 2. The summed E-state index contributed by atoms with van der Waals surface area (Å²) < 4.78 is 31.9. The van der Waals surface area contributed by atoms with Crippen LogP contribution in [0.1, 0.15) is 17.4 Å². The molecule has 0 aliphatic carbocycles. The molecule has 0 spiro atoms. The molecule has 0 bridgehead atoms. The number of halogens is 1. The summed E-state index contributed by atoms with van der Waals surface area (Å²) in [4.78, 5) is 3.78. The Morgan fingerprint density at radius 3 is 2.85 bits per heavy atom. The van der Waals surface area contributed by atoms with E-state index in [1.807, 2.05) is 0 Å². The Kier molecular flexibility index (Phi) is 4.44. The molecule has 6 nitrogen and oxygen atoms in total. The van der Waals surface area contributed by atoms with Crippen LogP contribution in [0, 0.1) is 6.92 Å². The maximum absolute atomic E-state index is 12.2. The summed E-state index contributed by atoms with van der Waals surface area (Å²) in [6.45, 7) is 1.23. The third-order valence-corrected chi connectivity index (χ3v) is 4.50. The van der Waals surface area contributed by atoms with E-state index >= 15 is 0 Å². The Hall–Kier alpha value is -1.41. The average molecular weight is 317 g/mol. The molecule has 2 heterocycles. The second-order valence-electron chi connectivity index (χ2n) is 4.15. The largest absolute Gasteiger partial charge is 0.468 e. The van der Waals surface area contributed by atoms with E-state index in [-0.39, 0.29) is 10.0 Å². The number of furan rings is 1. The summed E-state index contributed by atoms with van der Waals surface area (Å²) in [5, 5.41) is 9.53. The third-order valence-electron chi connectivity index (χ3n) is 2.67. The molecule has 20 heavy (non-hydrogen) atoms. The molecule has 0 fully saturated rings. The number of hydrogen-bond acceptors (Lipinski definition) is 5. The van der Waals surface area contributed by atoms with Crippen molar-refractivity contribution in [2.24, 2.45) is 0 Å². The number of aliphatic hydroxyl groups excluding tert-OH is 1.